The van der Waals surface area contributed by atoms with Crippen LogP contribution in [0, 0.1) is 12.8 Å². The predicted molar refractivity (Wildman–Crippen MR) is 123 cm³/mol. The number of amides is 2. The zero-order chi connectivity index (χ0) is 23.0. The van der Waals surface area contributed by atoms with Gasteiger partial charge >= 0.3 is 6.09 Å². The SMILES string of the molecule is C=CC(C)N=C(NC(=O)c1cc(CC(C)C)cc(C)c1OC(=O)N1CCNCC1)SF. The Morgan fingerprint density at radius 3 is 2.61 bits per heavy atom. The van der Waals surface area contributed by atoms with E-state index in [2.05, 4.69) is 36.1 Å². The number of nitrogens with zero attached hydrogens (tertiary/aromatic N) is 2. The number of ether oxygens (including phenoxy) is 1. The summed E-state index contributed by atoms with van der Waals surface area (Å²) in [5.41, 5.74) is 1.77. The normalized spacial score (nSPS) is 15.5. The van der Waals surface area contributed by atoms with E-state index < -0.39 is 12.0 Å². The Morgan fingerprint density at radius 2 is 2.03 bits per heavy atom. The molecule has 1 atom stereocenters. The standard InChI is InChI=1S/C22H31FN4O3S/c1-6-16(5)25-21(31-23)26-20(28)18-13-17(11-14(2)3)12-15(4)19(18)30-22(29)27-9-7-24-8-10-27/h6,12-14,16,24H,1,7-11H2,2-5H3,(H,25,26,28). The fraction of sp³-hybridized carbons (Fsp3) is 0.500. The van der Waals surface area contributed by atoms with Crippen molar-refractivity contribution in [1.82, 2.24) is 15.5 Å². The minimum absolute atomic E-state index is 0.155. The van der Waals surface area contributed by atoms with Gasteiger partial charge in [0.15, 0.2) is 5.17 Å². The van der Waals surface area contributed by atoms with E-state index in [0.717, 1.165) is 12.0 Å². The van der Waals surface area contributed by atoms with Gasteiger partial charge in [-0.1, -0.05) is 26.0 Å². The molecule has 1 aromatic rings. The summed E-state index contributed by atoms with van der Waals surface area (Å²) in [6.45, 7) is 13.7. The van der Waals surface area contributed by atoms with Gasteiger partial charge in [-0.25, -0.2) is 4.79 Å². The van der Waals surface area contributed by atoms with E-state index in [-0.39, 0.29) is 34.7 Å². The number of carbonyl (C=O) groups excluding carboxylic acids is 2. The third-order valence-corrected chi connectivity index (χ3v) is 5.10. The highest BCUT2D eigenvalue weighted by Crippen LogP contribution is 2.28. The summed E-state index contributed by atoms with van der Waals surface area (Å²) < 4.78 is 19.0. The van der Waals surface area contributed by atoms with Gasteiger partial charge in [-0.3, -0.25) is 15.1 Å². The number of benzene rings is 1. The van der Waals surface area contributed by atoms with Crippen molar-refractivity contribution in [2.24, 2.45) is 10.9 Å². The Balaban J connectivity index is 2.37. The minimum Gasteiger partial charge on any atom is -0.409 e. The summed E-state index contributed by atoms with van der Waals surface area (Å²) in [6.07, 6.45) is 1.78. The van der Waals surface area contributed by atoms with E-state index in [1.165, 1.54) is 6.08 Å². The van der Waals surface area contributed by atoms with Crippen LogP contribution in [0.5, 0.6) is 5.75 Å². The van der Waals surface area contributed by atoms with Gasteiger partial charge in [0.1, 0.15) is 17.9 Å². The zero-order valence-corrected chi connectivity index (χ0v) is 19.4. The van der Waals surface area contributed by atoms with Crippen LogP contribution in [0.25, 0.3) is 0 Å². The lowest BCUT2D eigenvalue weighted by molar-refractivity contribution is 0.0973. The first-order valence-electron chi connectivity index (χ1n) is 10.4. The Hall–Kier alpha value is -2.39. The number of carbonyl (C=O) groups is 2. The molecule has 2 amide bonds. The van der Waals surface area contributed by atoms with Crippen molar-refractivity contribution in [3.05, 3.63) is 41.5 Å². The number of hydrogen-bond donors (Lipinski definition) is 2. The second kappa shape index (κ2) is 11.9. The van der Waals surface area contributed by atoms with Crippen LogP contribution in [0.2, 0.25) is 0 Å². The Labute approximate surface area is 187 Å². The quantitative estimate of drug-likeness (QED) is 0.391. The number of nitrogens with one attached hydrogen (secondary N) is 2. The topological polar surface area (TPSA) is 83.0 Å². The largest absolute Gasteiger partial charge is 0.415 e. The van der Waals surface area contributed by atoms with Gasteiger partial charge in [0, 0.05) is 26.2 Å². The summed E-state index contributed by atoms with van der Waals surface area (Å²) in [5, 5.41) is 5.49. The van der Waals surface area contributed by atoms with Gasteiger partial charge in [-0.2, -0.15) is 3.89 Å². The molecule has 1 aromatic carbocycles. The average molecular weight is 451 g/mol. The lowest BCUT2D eigenvalue weighted by atomic mass is 9.97. The molecule has 1 aliphatic rings. The predicted octanol–water partition coefficient (Wildman–Crippen LogP) is 3.88. The summed E-state index contributed by atoms with van der Waals surface area (Å²) in [4.78, 5) is 31.4. The van der Waals surface area contributed by atoms with Gasteiger partial charge in [0.2, 0.25) is 0 Å². The van der Waals surface area contributed by atoms with Crippen LogP contribution in [0.4, 0.5) is 8.68 Å². The van der Waals surface area contributed by atoms with E-state index in [9.17, 15) is 13.5 Å². The first-order valence-corrected chi connectivity index (χ1v) is 11.1. The molecule has 1 unspecified atom stereocenters. The van der Waals surface area contributed by atoms with Crippen molar-refractivity contribution in [2.45, 2.75) is 40.2 Å². The van der Waals surface area contributed by atoms with Crippen LogP contribution < -0.4 is 15.4 Å². The smallest absolute Gasteiger partial charge is 0.409 e. The number of aliphatic imine (C=N–C) groups is 1. The number of halogens is 1. The van der Waals surface area contributed by atoms with E-state index >= 15 is 0 Å². The van der Waals surface area contributed by atoms with Crippen LogP contribution in [-0.2, 0) is 6.42 Å². The number of aryl methyl sites for hydroxylation is 1. The molecular formula is C22H31FN4O3S. The summed E-state index contributed by atoms with van der Waals surface area (Å²) in [5.74, 6) is -0.0398. The first kappa shape index (κ1) is 24.9. The summed E-state index contributed by atoms with van der Waals surface area (Å²) in [7, 11) is 0. The molecule has 0 radical (unpaired) electrons. The molecule has 1 fully saturated rings. The molecule has 1 heterocycles. The van der Waals surface area contributed by atoms with Crippen LogP contribution in [-0.4, -0.2) is 54.3 Å². The molecule has 1 aliphatic heterocycles. The lowest BCUT2D eigenvalue weighted by Gasteiger charge is -2.27. The molecular weight excluding hydrogens is 419 g/mol. The highest BCUT2D eigenvalue weighted by Gasteiger charge is 2.24. The third kappa shape index (κ3) is 7.36. The zero-order valence-electron chi connectivity index (χ0n) is 18.5. The second-order valence-electron chi connectivity index (χ2n) is 7.93. The van der Waals surface area contributed by atoms with E-state index in [4.69, 9.17) is 4.74 Å². The van der Waals surface area contributed by atoms with Gasteiger partial charge < -0.3 is 15.0 Å². The number of piperazine rings is 1. The monoisotopic (exact) mass is 450 g/mol. The molecule has 2 rings (SSSR count). The van der Waals surface area contributed by atoms with Crippen molar-refractivity contribution in [2.75, 3.05) is 26.2 Å². The molecule has 1 saturated heterocycles. The average Bonchev–Trinajstić information content (AvgIpc) is 2.74. The fourth-order valence-electron chi connectivity index (χ4n) is 3.21. The second-order valence-corrected chi connectivity index (χ2v) is 8.48. The molecule has 0 bridgehead atoms. The number of rotatable bonds is 6. The van der Waals surface area contributed by atoms with E-state index in [0.29, 0.717) is 37.7 Å². The van der Waals surface area contributed by atoms with Crippen LogP contribution >= 0.6 is 12.1 Å². The lowest BCUT2D eigenvalue weighted by Crippen LogP contribution is -2.47. The van der Waals surface area contributed by atoms with Crippen LogP contribution in [0.1, 0.15) is 42.3 Å². The fourth-order valence-corrected chi connectivity index (χ4v) is 3.55. The van der Waals surface area contributed by atoms with Gasteiger partial charge in [0.05, 0.1) is 11.6 Å². The van der Waals surface area contributed by atoms with Crippen LogP contribution in [0.3, 0.4) is 0 Å². The maximum Gasteiger partial charge on any atom is 0.415 e. The van der Waals surface area contributed by atoms with Crippen molar-refractivity contribution in [3.63, 3.8) is 0 Å². The van der Waals surface area contributed by atoms with Gasteiger partial charge in [-0.05, 0) is 43.4 Å². The first-order chi connectivity index (χ1) is 14.7. The van der Waals surface area contributed by atoms with E-state index in [1.54, 1.807) is 24.8 Å². The number of hydrogen-bond acceptors (Lipinski definition) is 6. The van der Waals surface area contributed by atoms with Crippen molar-refractivity contribution < 1.29 is 18.2 Å². The summed E-state index contributed by atoms with van der Waals surface area (Å²) >= 11 is -0.155. The molecule has 0 saturated carbocycles. The Morgan fingerprint density at radius 1 is 1.35 bits per heavy atom. The summed E-state index contributed by atoms with van der Waals surface area (Å²) in [6, 6.07) is 3.24. The van der Waals surface area contributed by atoms with Gasteiger partial charge in [0.25, 0.3) is 5.91 Å². The van der Waals surface area contributed by atoms with Crippen molar-refractivity contribution >= 4 is 29.3 Å². The Kier molecular flexibility index (Phi) is 9.51. The van der Waals surface area contributed by atoms with Crippen LogP contribution in [0.15, 0.2) is 29.8 Å². The maximum atomic E-state index is 13.4. The highest BCUT2D eigenvalue weighted by molar-refractivity contribution is 8.09. The van der Waals surface area contributed by atoms with E-state index in [1.807, 2.05) is 6.07 Å². The van der Waals surface area contributed by atoms with Gasteiger partial charge in [-0.15, -0.1) is 6.58 Å². The third-order valence-electron chi connectivity index (χ3n) is 4.74. The highest BCUT2D eigenvalue weighted by atomic mass is 32.2. The molecule has 0 aliphatic carbocycles. The minimum atomic E-state index is -0.586. The number of amidine groups is 1. The maximum absolute atomic E-state index is 13.4. The molecule has 31 heavy (non-hydrogen) atoms. The molecule has 9 heteroatoms. The van der Waals surface area contributed by atoms with Crippen molar-refractivity contribution in [1.29, 1.82) is 0 Å². The molecule has 0 aromatic heterocycles. The molecule has 170 valence electrons. The van der Waals surface area contributed by atoms with Crippen molar-refractivity contribution in [3.8, 4) is 5.75 Å². The molecule has 2 N–H and O–H groups in total. The Bertz CT molecular complexity index is 838. The molecule has 0 spiro atoms. The molecule has 7 nitrogen and oxygen atoms in total.